The van der Waals surface area contributed by atoms with Crippen LogP contribution < -0.4 is 5.32 Å². The van der Waals surface area contributed by atoms with E-state index in [2.05, 4.69) is 10.3 Å². The molecule has 33 heavy (non-hydrogen) atoms. The summed E-state index contributed by atoms with van der Waals surface area (Å²) in [6.45, 7) is 0. The summed E-state index contributed by atoms with van der Waals surface area (Å²) in [4.78, 5) is 4.58. The number of hydrogen-bond donors (Lipinski definition) is 1. The fourth-order valence-electron chi connectivity index (χ4n) is 4.06. The van der Waals surface area contributed by atoms with Gasteiger partial charge in [0.25, 0.3) is 0 Å². The average Bonchev–Trinajstić information content (AvgIpc) is 3.15. The van der Waals surface area contributed by atoms with E-state index < -0.39 is 9.84 Å². The van der Waals surface area contributed by atoms with E-state index in [1.807, 2.05) is 48.5 Å². The van der Waals surface area contributed by atoms with Crippen LogP contribution in [0, 0.1) is 0 Å². The highest BCUT2D eigenvalue weighted by molar-refractivity contribution is 7.91. The van der Waals surface area contributed by atoms with Crippen LogP contribution in [0.4, 0.5) is 5.82 Å². The second-order valence-corrected chi connectivity index (χ2v) is 11.5. The minimum atomic E-state index is -2.97. The first-order valence-corrected chi connectivity index (χ1v) is 13.3. The number of benzene rings is 2. The minimum absolute atomic E-state index is 0.0119. The Kier molecular flexibility index (Phi) is 5.99. The highest BCUT2D eigenvalue weighted by Crippen LogP contribution is 2.39. The smallest absolute Gasteiger partial charge is 0.167 e. The summed E-state index contributed by atoms with van der Waals surface area (Å²) in [5.41, 5.74) is 3.63. The highest BCUT2D eigenvalue weighted by Gasteiger charge is 2.26. The molecule has 10 heteroatoms. The van der Waals surface area contributed by atoms with Gasteiger partial charge in [-0.15, -0.1) is 0 Å². The molecule has 2 aromatic heterocycles. The quantitative estimate of drug-likeness (QED) is 0.333. The first kappa shape index (κ1) is 22.5. The molecule has 0 saturated carbocycles. The van der Waals surface area contributed by atoms with Crippen molar-refractivity contribution in [1.82, 2.24) is 14.6 Å². The van der Waals surface area contributed by atoms with Crippen molar-refractivity contribution < 1.29 is 8.42 Å². The van der Waals surface area contributed by atoms with Gasteiger partial charge in [0.15, 0.2) is 5.65 Å². The van der Waals surface area contributed by atoms with Crippen molar-refractivity contribution in [3.63, 3.8) is 0 Å². The molecule has 170 valence electrons. The Balaban J connectivity index is 1.69. The lowest BCUT2D eigenvalue weighted by Crippen LogP contribution is -2.32. The van der Waals surface area contributed by atoms with E-state index >= 15 is 0 Å². The zero-order chi connectivity index (χ0) is 23.2. The maximum Gasteiger partial charge on any atom is 0.167 e. The van der Waals surface area contributed by atoms with Crippen molar-refractivity contribution in [3.05, 3.63) is 69.8 Å². The summed E-state index contributed by atoms with van der Waals surface area (Å²) in [6.07, 6.45) is 1.04. The van der Waals surface area contributed by atoms with Crippen molar-refractivity contribution in [2.75, 3.05) is 16.8 Å². The summed E-state index contributed by atoms with van der Waals surface area (Å²) < 4.78 is 25.4. The normalized spacial score (nSPS) is 16.2. The SMILES string of the molecule is O=S1(=O)CCC(Nc2cc(Cl)nc3c(-c4ccc(Cl)cc4)c(-c4ccccc4Cl)nn23)CC1. The number of aromatic nitrogens is 3. The van der Waals surface area contributed by atoms with Gasteiger partial charge in [-0.3, -0.25) is 0 Å². The van der Waals surface area contributed by atoms with Crippen LogP contribution in [0.1, 0.15) is 12.8 Å². The fraction of sp³-hybridized carbons (Fsp3) is 0.217. The van der Waals surface area contributed by atoms with E-state index in [0.717, 1.165) is 16.7 Å². The van der Waals surface area contributed by atoms with Crippen LogP contribution in [-0.4, -0.2) is 40.6 Å². The molecule has 6 nitrogen and oxygen atoms in total. The summed E-state index contributed by atoms with van der Waals surface area (Å²) in [7, 11) is -2.97. The standard InChI is InChI=1S/C23H19Cl3N4O2S/c24-15-7-5-14(6-8-15)21-22(17-3-1-2-4-18(17)25)29-30-20(13-19(26)28-23(21)30)27-16-9-11-33(31,32)12-10-16/h1-8,13,16,27H,9-12H2. The van der Waals surface area contributed by atoms with Gasteiger partial charge in [-0.1, -0.05) is 65.1 Å². The summed E-state index contributed by atoms with van der Waals surface area (Å²) >= 11 is 19.1. The molecule has 0 unspecified atom stereocenters. The molecule has 1 aliphatic rings. The number of nitrogens with one attached hydrogen (secondary N) is 1. The lowest BCUT2D eigenvalue weighted by atomic mass is 10.0. The van der Waals surface area contributed by atoms with E-state index in [0.29, 0.717) is 45.2 Å². The Morgan fingerprint density at radius 2 is 1.67 bits per heavy atom. The molecular formula is C23H19Cl3N4O2S. The third-order valence-corrected chi connectivity index (χ3v) is 8.22. The second-order valence-electron chi connectivity index (χ2n) is 7.98. The van der Waals surface area contributed by atoms with Gasteiger partial charge < -0.3 is 5.32 Å². The Morgan fingerprint density at radius 3 is 2.36 bits per heavy atom. The molecule has 1 N–H and O–H groups in total. The zero-order valence-electron chi connectivity index (χ0n) is 17.3. The van der Waals surface area contributed by atoms with Gasteiger partial charge >= 0.3 is 0 Å². The topological polar surface area (TPSA) is 76.4 Å². The monoisotopic (exact) mass is 520 g/mol. The highest BCUT2D eigenvalue weighted by atomic mass is 35.5. The number of sulfone groups is 1. The van der Waals surface area contributed by atoms with Gasteiger partial charge in [0.1, 0.15) is 26.5 Å². The fourth-order valence-corrected chi connectivity index (χ4v) is 6.08. The Hall–Kier alpha value is -2.32. The van der Waals surface area contributed by atoms with Crippen molar-refractivity contribution >= 4 is 56.1 Å². The summed E-state index contributed by atoms with van der Waals surface area (Å²) in [6, 6.07) is 16.6. The first-order valence-electron chi connectivity index (χ1n) is 10.4. The number of fused-ring (bicyclic) bond motifs is 1. The molecule has 5 rings (SSSR count). The predicted molar refractivity (Wildman–Crippen MR) is 134 cm³/mol. The molecule has 0 atom stereocenters. The molecule has 1 aliphatic heterocycles. The van der Waals surface area contributed by atoms with Gasteiger partial charge in [0.05, 0.1) is 22.1 Å². The summed E-state index contributed by atoms with van der Waals surface area (Å²) in [5.74, 6) is 0.960. The molecule has 1 fully saturated rings. The molecule has 0 amide bonds. The third kappa shape index (κ3) is 4.55. The second kappa shape index (κ2) is 8.80. The van der Waals surface area contributed by atoms with Crippen molar-refractivity contribution in [2.45, 2.75) is 18.9 Å². The van der Waals surface area contributed by atoms with Crippen molar-refractivity contribution in [2.24, 2.45) is 0 Å². The number of nitrogens with zero attached hydrogens (tertiary/aromatic N) is 3. The zero-order valence-corrected chi connectivity index (χ0v) is 20.4. The largest absolute Gasteiger partial charge is 0.367 e. The number of rotatable bonds is 4. The van der Waals surface area contributed by atoms with E-state index in [9.17, 15) is 8.42 Å². The van der Waals surface area contributed by atoms with E-state index in [-0.39, 0.29) is 17.5 Å². The van der Waals surface area contributed by atoms with Crippen LogP contribution in [0.15, 0.2) is 54.6 Å². The molecule has 0 bridgehead atoms. The average molecular weight is 522 g/mol. The van der Waals surface area contributed by atoms with Gasteiger partial charge in [-0.05, 0) is 36.6 Å². The van der Waals surface area contributed by atoms with Crippen molar-refractivity contribution in [3.8, 4) is 22.4 Å². The molecule has 2 aromatic carbocycles. The molecule has 4 aromatic rings. The van der Waals surface area contributed by atoms with E-state index in [4.69, 9.17) is 39.9 Å². The van der Waals surface area contributed by atoms with Crippen LogP contribution in [0.3, 0.4) is 0 Å². The number of halogens is 3. The van der Waals surface area contributed by atoms with Crippen LogP contribution in [0.25, 0.3) is 28.0 Å². The Bertz CT molecular complexity index is 1440. The molecule has 1 saturated heterocycles. The Labute approximate surface area is 206 Å². The van der Waals surface area contributed by atoms with Crippen LogP contribution in [-0.2, 0) is 9.84 Å². The molecule has 0 spiro atoms. The molecule has 3 heterocycles. The Morgan fingerprint density at radius 1 is 0.970 bits per heavy atom. The minimum Gasteiger partial charge on any atom is -0.367 e. The maximum absolute atomic E-state index is 11.8. The van der Waals surface area contributed by atoms with Crippen LogP contribution >= 0.6 is 34.8 Å². The first-order chi connectivity index (χ1) is 15.8. The number of hydrogen-bond acceptors (Lipinski definition) is 5. The van der Waals surface area contributed by atoms with Crippen molar-refractivity contribution in [1.29, 1.82) is 0 Å². The lowest BCUT2D eigenvalue weighted by Gasteiger charge is -2.24. The van der Waals surface area contributed by atoms with Crippen LogP contribution in [0.5, 0.6) is 0 Å². The lowest BCUT2D eigenvalue weighted by molar-refractivity contribution is 0.558. The maximum atomic E-state index is 11.8. The molecule has 0 radical (unpaired) electrons. The van der Waals surface area contributed by atoms with Gasteiger partial charge in [0.2, 0.25) is 0 Å². The van der Waals surface area contributed by atoms with Crippen LogP contribution in [0.2, 0.25) is 15.2 Å². The summed E-state index contributed by atoms with van der Waals surface area (Å²) in [5, 5.41) is 9.79. The molecule has 0 aliphatic carbocycles. The number of anilines is 1. The predicted octanol–water partition coefficient (Wildman–Crippen LogP) is 6.01. The van der Waals surface area contributed by atoms with Gasteiger partial charge in [0, 0.05) is 22.7 Å². The van der Waals surface area contributed by atoms with Gasteiger partial charge in [-0.25, -0.2) is 13.4 Å². The van der Waals surface area contributed by atoms with E-state index in [1.165, 1.54) is 0 Å². The van der Waals surface area contributed by atoms with E-state index in [1.54, 1.807) is 10.6 Å². The van der Waals surface area contributed by atoms with Gasteiger partial charge in [-0.2, -0.15) is 9.61 Å². The molecular weight excluding hydrogens is 503 g/mol. The third-order valence-electron chi connectivity index (χ3n) is 5.73.